The molecule has 1 atom stereocenters. The molecule has 0 heterocycles. The molecule has 0 spiro atoms. The van der Waals surface area contributed by atoms with E-state index < -0.39 is 0 Å². The van der Waals surface area contributed by atoms with Gasteiger partial charge in [-0.3, -0.25) is 0 Å². The molecule has 0 amide bonds. The van der Waals surface area contributed by atoms with Crippen LogP contribution < -0.4 is 10.6 Å². The predicted octanol–water partition coefficient (Wildman–Crippen LogP) is 4.63. The lowest BCUT2D eigenvalue weighted by atomic mass is 10.1. The second-order valence-corrected chi connectivity index (χ2v) is 6.61. The summed E-state index contributed by atoms with van der Waals surface area (Å²) in [5.74, 6) is 0. The van der Waals surface area contributed by atoms with Crippen LogP contribution in [0.25, 0.3) is 0 Å². The number of nitrogens with two attached hydrogens (primary N) is 1. The molecular formula is C16H25BrN2. The van der Waals surface area contributed by atoms with Crippen LogP contribution in [-0.4, -0.2) is 13.1 Å². The topological polar surface area (TPSA) is 29.3 Å². The first-order valence-electron chi connectivity index (χ1n) is 7.37. The predicted molar refractivity (Wildman–Crippen MR) is 86.6 cm³/mol. The number of anilines is 1. The number of halogens is 1. The quantitative estimate of drug-likeness (QED) is 0.821. The first-order chi connectivity index (χ1) is 9.09. The molecule has 1 fully saturated rings. The number of rotatable bonds is 3. The van der Waals surface area contributed by atoms with E-state index in [9.17, 15) is 0 Å². The van der Waals surface area contributed by atoms with Crippen molar-refractivity contribution in [2.75, 3.05) is 11.9 Å². The fourth-order valence-electron chi connectivity index (χ4n) is 2.96. The van der Waals surface area contributed by atoms with Crippen molar-refractivity contribution < 1.29 is 0 Å². The molecule has 0 aliphatic heterocycles. The summed E-state index contributed by atoms with van der Waals surface area (Å²) in [6.07, 6.45) is 8.18. The van der Waals surface area contributed by atoms with E-state index in [0.717, 1.165) is 4.47 Å². The maximum absolute atomic E-state index is 5.96. The molecule has 1 aliphatic carbocycles. The average Bonchev–Trinajstić information content (AvgIpc) is 2.66. The second-order valence-electron chi connectivity index (χ2n) is 5.75. The lowest BCUT2D eigenvalue weighted by molar-refractivity contribution is 0.553. The molecule has 0 saturated heterocycles. The highest BCUT2D eigenvalue weighted by molar-refractivity contribution is 9.10. The monoisotopic (exact) mass is 324 g/mol. The molecule has 1 aliphatic rings. The van der Waals surface area contributed by atoms with E-state index in [2.05, 4.69) is 46.1 Å². The zero-order valence-electron chi connectivity index (χ0n) is 12.0. The van der Waals surface area contributed by atoms with Gasteiger partial charge >= 0.3 is 0 Å². The van der Waals surface area contributed by atoms with Crippen LogP contribution >= 0.6 is 15.9 Å². The van der Waals surface area contributed by atoms with E-state index in [4.69, 9.17) is 5.73 Å². The average molecular weight is 325 g/mol. The van der Waals surface area contributed by atoms with Crippen LogP contribution in [0, 0.1) is 0 Å². The Balaban J connectivity index is 2.14. The molecule has 0 unspecified atom stereocenters. The first-order valence-corrected chi connectivity index (χ1v) is 8.16. The molecule has 0 radical (unpaired) electrons. The van der Waals surface area contributed by atoms with Gasteiger partial charge in [0.2, 0.25) is 0 Å². The Morgan fingerprint density at radius 2 is 1.84 bits per heavy atom. The molecule has 2 N–H and O–H groups in total. The molecule has 1 aromatic carbocycles. The summed E-state index contributed by atoms with van der Waals surface area (Å²) in [7, 11) is 2.23. The maximum Gasteiger partial charge on any atom is 0.0377 e. The molecule has 106 valence electrons. The summed E-state index contributed by atoms with van der Waals surface area (Å²) in [6.45, 7) is 2.02. The van der Waals surface area contributed by atoms with Crippen molar-refractivity contribution in [1.82, 2.24) is 0 Å². The highest BCUT2D eigenvalue weighted by atomic mass is 79.9. The van der Waals surface area contributed by atoms with Gasteiger partial charge in [0.25, 0.3) is 0 Å². The number of hydrogen-bond donors (Lipinski definition) is 1. The van der Waals surface area contributed by atoms with Crippen molar-refractivity contribution in [3.05, 3.63) is 28.2 Å². The van der Waals surface area contributed by atoms with Crippen molar-refractivity contribution in [3.63, 3.8) is 0 Å². The normalized spacial score (nSPS) is 18.9. The van der Waals surface area contributed by atoms with Crippen LogP contribution in [-0.2, 0) is 0 Å². The van der Waals surface area contributed by atoms with Crippen molar-refractivity contribution in [3.8, 4) is 0 Å². The molecule has 19 heavy (non-hydrogen) atoms. The molecule has 1 aromatic rings. The zero-order valence-corrected chi connectivity index (χ0v) is 13.6. The van der Waals surface area contributed by atoms with Crippen molar-refractivity contribution in [2.45, 2.75) is 57.5 Å². The van der Waals surface area contributed by atoms with Crippen LogP contribution in [0.1, 0.15) is 57.1 Å². The summed E-state index contributed by atoms with van der Waals surface area (Å²) in [6, 6.07) is 7.33. The van der Waals surface area contributed by atoms with Crippen LogP contribution in [0.5, 0.6) is 0 Å². The van der Waals surface area contributed by atoms with E-state index in [1.165, 1.54) is 49.8 Å². The maximum atomic E-state index is 5.96. The molecule has 3 heteroatoms. The van der Waals surface area contributed by atoms with E-state index >= 15 is 0 Å². The molecule has 2 nitrogen and oxygen atoms in total. The van der Waals surface area contributed by atoms with Crippen LogP contribution in [0.3, 0.4) is 0 Å². The Morgan fingerprint density at radius 1 is 1.21 bits per heavy atom. The highest BCUT2D eigenvalue weighted by Gasteiger charge is 2.18. The van der Waals surface area contributed by atoms with E-state index in [0.29, 0.717) is 6.04 Å². The highest BCUT2D eigenvalue weighted by Crippen LogP contribution is 2.30. The minimum Gasteiger partial charge on any atom is -0.372 e. The Hall–Kier alpha value is -0.540. The third kappa shape index (κ3) is 3.73. The van der Waals surface area contributed by atoms with Crippen molar-refractivity contribution in [2.24, 2.45) is 5.73 Å². The molecule has 2 rings (SSSR count). The summed E-state index contributed by atoms with van der Waals surface area (Å²) in [5.41, 5.74) is 8.43. The Bertz CT molecular complexity index is 409. The third-order valence-corrected chi connectivity index (χ3v) is 4.94. The number of hydrogen-bond acceptors (Lipinski definition) is 2. The van der Waals surface area contributed by atoms with Gasteiger partial charge in [-0.15, -0.1) is 0 Å². The van der Waals surface area contributed by atoms with E-state index in [-0.39, 0.29) is 6.04 Å². The third-order valence-electron chi connectivity index (χ3n) is 4.25. The molecule has 0 aromatic heterocycles. The fraction of sp³-hybridized carbons (Fsp3) is 0.625. The van der Waals surface area contributed by atoms with Gasteiger partial charge in [0.05, 0.1) is 0 Å². The molecule has 1 saturated carbocycles. The van der Waals surface area contributed by atoms with Crippen LogP contribution in [0.15, 0.2) is 22.7 Å². The summed E-state index contributed by atoms with van der Waals surface area (Å²) in [4.78, 5) is 2.45. The molecule has 0 bridgehead atoms. The summed E-state index contributed by atoms with van der Waals surface area (Å²) >= 11 is 3.65. The summed E-state index contributed by atoms with van der Waals surface area (Å²) in [5, 5.41) is 0. The van der Waals surface area contributed by atoms with Crippen LogP contribution in [0.2, 0.25) is 0 Å². The van der Waals surface area contributed by atoms with Gasteiger partial charge in [-0.2, -0.15) is 0 Å². The smallest absolute Gasteiger partial charge is 0.0377 e. The summed E-state index contributed by atoms with van der Waals surface area (Å²) < 4.78 is 1.13. The van der Waals surface area contributed by atoms with Crippen molar-refractivity contribution >= 4 is 21.6 Å². The van der Waals surface area contributed by atoms with Gasteiger partial charge in [-0.05, 0) is 37.5 Å². The minimum atomic E-state index is 0.0756. The van der Waals surface area contributed by atoms with E-state index in [1.54, 1.807) is 0 Å². The van der Waals surface area contributed by atoms with Gasteiger partial charge in [-0.1, -0.05) is 47.7 Å². The van der Waals surface area contributed by atoms with Crippen LogP contribution in [0.4, 0.5) is 5.69 Å². The molecular weight excluding hydrogens is 300 g/mol. The fourth-order valence-corrected chi connectivity index (χ4v) is 3.69. The van der Waals surface area contributed by atoms with E-state index in [1.807, 2.05) is 6.92 Å². The number of benzene rings is 1. The Labute approximate surface area is 125 Å². The van der Waals surface area contributed by atoms with Gasteiger partial charge in [0.15, 0.2) is 0 Å². The number of nitrogens with zero attached hydrogens (tertiary/aromatic N) is 1. The minimum absolute atomic E-state index is 0.0756. The van der Waals surface area contributed by atoms with Gasteiger partial charge < -0.3 is 10.6 Å². The van der Waals surface area contributed by atoms with Gasteiger partial charge in [-0.25, -0.2) is 0 Å². The van der Waals surface area contributed by atoms with Gasteiger partial charge in [0, 0.05) is 29.3 Å². The second kappa shape index (κ2) is 6.76. The van der Waals surface area contributed by atoms with Crippen molar-refractivity contribution in [1.29, 1.82) is 0 Å². The Kier molecular flexibility index (Phi) is 5.28. The lowest BCUT2D eigenvalue weighted by Crippen LogP contribution is -2.31. The first kappa shape index (κ1) is 14.9. The SMILES string of the molecule is C[C@H](N)c1ccc(N(C)C2CCCCCC2)cc1Br. The van der Waals surface area contributed by atoms with Gasteiger partial charge in [0.1, 0.15) is 0 Å². The lowest BCUT2D eigenvalue weighted by Gasteiger charge is -2.30. The standard InChI is InChI=1S/C16H25BrN2/c1-12(18)15-10-9-14(11-16(15)17)19(2)13-7-5-3-4-6-8-13/h9-13H,3-8,18H2,1-2H3/t12-/m0/s1. The Morgan fingerprint density at radius 3 is 2.37 bits per heavy atom. The largest absolute Gasteiger partial charge is 0.372 e. The zero-order chi connectivity index (χ0) is 13.8.